The quantitative estimate of drug-likeness (QED) is 0.692. The predicted octanol–water partition coefficient (Wildman–Crippen LogP) is 3.56. The third-order valence-corrected chi connectivity index (χ3v) is 2.89. The summed E-state index contributed by atoms with van der Waals surface area (Å²) in [6, 6.07) is 8.19. The first-order valence-electron chi connectivity index (χ1n) is 4.87. The minimum absolute atomic E-state index is 0.0511. The maximum absolute atomic E-state index is 10.6. The molecule has 88 valence electrons. The fourth-order valence-electron chi connectivity index (χ4n) is 1.36. The third-order valence-electron chi connectivity index (χ3n) is 2.19. The summed E-state index contributed by atoms with van der Waals surface area (Å²) in [6.07, 6.45) is 1.58. The molecule has 0 radical (unpaired) electrons. The number of nitrogens with zero attached hydrogens (tertiary/aromatic N) is 1. The van der Waals surface area contributed by atoms with Gasteiger partial charge in [0.05, 0.1) is 23.4 Å². The van der Waals surface area contributed by atoms with Crippen LogP contribution in [0.2, 0.25) is 0 Å². The van der Waals surface area contributed by atoms with Crippen LogP contribution < -0.4 is 5.32 Å². The zero-order chi connectivity index (χ0) is 12.3. The molecule has 0 amide bonds. The Bertz CT molecular complexity index is 526. The van der Waals surface area contributed by atoms with Crippen molar-refractivity contribution >= 4 is 27.3 Å². The van der Waals surface area contributed by atoms with Gasteiger partial charge in [-0.2, -0.15) is 0 Å². The van der Waals surface area contributed by atoms with Crippen LogP contribution in [-0.2, 0) is 6.54 Å². The number of hydrogen-bond donors (Lipinski definition) is 1. The van der Waals surface area contributed by atoms with Crippen LogP contribution >= 0.6 is 15.9 Å². The summed E-state index contributed by atoms with van der Waals surface area (Å²) < 4.78 is 5.93. The van der Waals surface area contributed by atoms with E-state index in [9.17, 15) is 10.1 Å². The standard InChI is InChI=1S/C11H9BrN2O3/c12-10-4-3-8(14(15)16)6-11(10)13-7-9-2-1-5-17-9/h1-6,13H,7H2. The van der Waals surface area contributed by atoms with Crippen molar-refractivity contribution in [2.24, 2.45) is 0 Å². The molecule has 0 spiro atoms. The molecule has 2 aromatic rings. The molecule has 0 unspecified atom stereocenters. The molecule has 5 nitrogen and oxygen atoms in total. The van der Waals surface area contributed by atoms with Gasteiger partial charge >= 0.3 is 0 Å². The summed E-state index contributed by atoms with van der Waals surface area (Å²) in [5.74, 6) is 0.767. The number of nitrogens with one attached hydrogen (secondary N) is 1. The summed E-state index contributed by atoms with van der Waals surface area (Å²) in [5, 5.41) is 13.7. The van der Waals surface area contributed by atoms with Crippen LogP contribution in [0, 0.1) is 10.1 Å². The van der Waals surface area contributed by atoms with Gasteiger partial charge in [-0.15, -0.1) is 0 Å². The van der Waals surface area contributed by atoms with E-state index in [1.165, 1.54) is 12.1 Å². The summed E-state index contributed by atoms with van der Waals surface area (Å²) in [4.78, 5) is 10.2. The van der Waals surface area contributed by atoms with E-state index >= 15 is 0 Å². The highest BCUT2D eigenvalue weighted by Crippen LogP contribution is 2.27. The first-order chi connectivity index (χ1) is 8.16. The van der Waals surface area contributed by atoms with Crippen molar-refractivity contribution in [3.8, 4) is 0 Å². The molecule has 1 aromatic heterocycles. The first kappa shape index (κ1) is 11.7. The van der Waals surface area contributed by atoms with Crippen LogP contribution in [0.5, 0.6) is 0 Å². The van der Waals surface area contributed by atoms with E-state index in [0.717, 1.165) is 10.2 Å². The van der Waals surface area contributed by atoms with E-state index < -0.39 is 4.92 Å². The van der Waals surface area contributed by atoms with Gasteiger partial charge in [-0.05, 0) is 34.1 Å². The van der Waals surface area contributed by atoms with E-state index in [1.807, 2.05) is 6.07 Å². The molecule has 2 rings (SSSR count). The van der Waals surface area contributed by atoms with E-state index in [1.54, 1.807) is 18.4 Å². The number of nitro benzene ring substituents is 1. The predicted molar refractivity (Wildman–Crippen MR) is 66.8 cm³/mol. The lowest BCUT2D eigenvalue weighted by Crippen LogP contribution is -1.99. The monoisotopic (exact) mass is 296 g/mol. The Morgan fingerprint density at radius 2 is 2.24 bits per heavy atom. The Morgan fingerprint density at radius 3 is 2.88 bits per heavy atom. The molecule has 1 N–H and O–H groups in total. The van der Waals surface area contributed by atoms with Crippen molar-refractivity contribution in [3.05, 3.63) is 56.9 Å². The smallest absolute Gasteiger partial charge is 0.271 e. The van der Waals surface area contributed by atoms with Gasteiger partial charge in [0.25, 0.3) is 5.69 Å². The highest BCUT2D eigenvalue weighted by atomic mass is 79.9. The van der Waals surface area contributed by atoms with Crippen molar-refractivity contribution in [3.63, 3.8) is 0 Å². The van der Waals surface area contributed by atoms with Gasteiger partial charge in [-0.25, -0.2) is 0 Å². The van der Waals surface area contributed by atoms with Crippen molar-refractivity contribution in [1.29, 1.82) is 0 Å². The first-order valence-corrected chi connectivity index (χ1v) is 5.66. The van der Waals surface area contributed by atoms with E-state index in [4.69, 9.17) is 4.42 Å². The van der Waals surface area contributed by atoms with Gasteiger partial charge < -0.3 is 9.73 Å². The average Bonchev–Trinajstić information content (AvgIpc) is 2.80. The fourth-order valence-corrected chi connectivity index (χ4v) is 1.74. The molecular formula is C11H9BrN2O3. The topological polar surface area (TPSA) is 68.3 Å². The van der Waals surface area contributed by atoms with Crippen molar-refractivity contribution in [2.75, 3.05) is 5.32 Å². The molecule has 0 aliphatic heterocycles. The molecule has 0 aliphatic carbocycles. The molecule has 0 saturated heterocycles. The van der Waals surface area contributed by atoms with Crippen LogP contribution in [0.15, 0.2) is 45.5 Å². The summed E-state index contributed by atoms with van der Waals surface area (Å²) in [6.45, 7) is 0.479. The lowest BCUT2D eigenvalue weighted by molar-refractivity contribution is -0.384. The minimum atomic E-state index is -0.426. The number of halogens is 1. The second-order valence-corrected chi connectivity index (χ2v) is 4.21. The fraction of sp³-hybridized carbons (Fsp3) is 0.0909. The molecular weight excluding hydrogens is 288 g/mol. The van der Waals surface area contributed by atoms with Crippen LogP contribution in [0.25, 0.3) is 0 Å². The molecule has 1 aromatic carbocycles. The molecule has 0 bridgehead atoms. The second kappa shape index (κ2) is 5.01. The number of hydrogen-bond acceptors (Lipinski definition) is 4. The van der Waals surface area contributed by atoms with Crippen LogP contribution in [0.1, 0.15) is 5.76 Å². The molecule has 0 saturated carbocycles. The van der Waals surface area contributed by atoms with Gasteiger partial charge in [0.15, 0.2) is 0 Å². The second-order valence-electron chi connectivity index (χ2n) is 3.35. The number of benzene rings is 1. The van der Waals surface area contributed by atoms with Gasteiger partial charge in [0.2, 0.25) is 0 Å². The van der Waals surface area contributed by atoms with Gasteiger partial charge in [0.1, 0.15) is 5.76 Å². The number of rotatable bonds is 4. The lowest BCUT2D eigenvalue weighted by atomic mass is 10.3. The Hall–Kier alpha value is -1.82. The van der Waals surface area contributed by atoms with Crippen LogP contribution in [-0.4, -0.2) is 4.92 Å². The summed E-state index contributed by atoms with van der Waals surface area (Å²) >= 11 is 3.33. The molecule has 6 heteroatoms. The van der Waals surface area contributed by atoms with E-state index in [0.29, 0.717) is 12.2 Å². The lowest BCUT2D eigenvalue weighted by Gasteiger charge is -2.06. The summed E-state index contributed by atoms with van der Waals surface area (Å²) in [7, 11) is 0. The Morgan fingerprint density at radius 1 is 1.41 bits per heavy atom. The van der Waals surface area contributed by atoms with Crippen LogP contribution in [0.3, 0.4) is 0 Å². The normalized spacial score (nSPS) is 10.2. The SMILES string of the molecule is O=[N+]([O-])c1ccc(Br)c(NCc2ccco2)c1. The number of furan rings is 1. The van der Waals surface area contributed by atoms with Gasteiger partial charge in [-0.1, -0.05) is 0 Å². The zero-order valence-corrected chi connectivity index (χ0v) is 10.3. The number of nitro groups is 1. The highest BCUT2D eigenvalue weighted by Gasteiger charge is 2.09. The minimum Gasteiger partial charge on any atom is -0.467 e. The number of anilines is 1. The maximum atomic E-state index is 10.6. The van der Waals surface area contributed by atoms with Gasteiger partial charge in [-0.3, -0.25) is 10.1 Å². The maximum Gasteiger partial charge on any atom is 0.271 e. The Labute approximate surface area is 106 Å². The van der Waals surface area contributed by atoms with Crippen molar-refractivity contribution in [1.82, 2.24) is 0 Å². The van der Waals surface area contributed by atoms with E-state index in [-0.39, 0.29) is 5.69 Å². The summed E-state index contributed by atoms with van der Waals surface area (Å²) in [5.41, 5.74) is 0.714. The Kier molecular flexibility index (Phi) is 3.43. The largest absolute Gasteiger partial charge is 0.467 e. The molecule has 0 fully saturated rings. The Balaban J connectivity index is 2.14. The molecule has 0 aliphatic rings. The van der Waals surface area contributed by atoms with Crippen molar-refractivity contribution in [2.45, 2.75) is 6.54 Å². The molecule has 1 heterocycles. The van der Waals surface area contributed by atoms with Crippen LogP contribution in [0.4, 0.5) is 11.4 Å². The number of non-ortho nitro benzene ring substituents is 1. The van der Waals surface area contributed by atoms with Crippen molar-refractivity contribution < 1.29 is 9.34 Å². The van der Waals surface area contributed by atoms with E-state index in [2.05, 4.69) is 21.2 Å². The average molecular weight is 297 g/mol. The zero-order valence-electron chi connectivity index (χ0n) is 8.72. The third kappa shape index (κ3) is 2.85. The highest BCUT2D eigenvalue weighted by molar-refractivity contribution is 9.10. The van der Waals surface area contributed by atoms with Gasteiger partial charge in [0, 0.05) is 16.6 Å². The molecule has 17 heavy (non-hydrogen) atoms. The molecule has 0 atom stereocenters.